The first kappa shape index (κ1) is 23.2. The predicted octanol–water partition coefficient (Wildman–Crippen LogP) is 4.45. The maximum atomic E-state index is 13.4. The van der Waals surface area contributed by atoms with Crippen LogP contribution < -0.4 is 10.1 Å². The number of nitrogens with zero attached hydrogens (tertiary/aromatic N) is 3. The summed E-state index contributed by atoms with van der Waals surface area (Å²) >= 11 is 1.72. The van der Waals surface area contributed by atoms with Crippen molar-refractivity contribution in [3.05, 3.63) is 63.9 Å². The molecular weight excluding hydrogens is 434 g/mol. The van der Waals surface area contributed by atoms with Crippen LogP contribution in [-0.4, -0.2) is 46.7 Å². The van der Waals surface area contributed by atoms with Crippen molar-refractivity contribution in [1.82, 2.24) is 25.4 Å². The van der Waals surface area contributed by atoms with Gasteiger partial charge in [-0.25, -0.2) is 4.98 Å². The number of aromatic nitrogens is 3. The van der Waals surface area contributed by atoms with E-state index >= 15 is 0 Å². The predicted molar refractivity (Wildman–Crippen MR) is 132 cm³/mol. The van der Waals surface area contributed by atoms with Crippen molar-refractivity contribution >= 4 is 28.4 Å². The molecule has 33 heavy (non-hydrogen) atoms. The number of hydrogen-bond donors (Lipinski definition) is 2. The number of thiophene rings is 1. The normalized spacial score (nSPS) is 18.6. The molecule has 0 radical (unpaired) electrons. The van der Waals surface area contributed by atoms with Gasteiger partial charge in [-0.2, -0.15) is 5.10 Å². The average molecular weight is 466 g/mol. The minimum atomic E-state index is -0.552. The molecule has 1 aromatic carbocycles. The van der Waals surface area contributed by atoms with Crippen LogP contribution in [0.1, 0.15) is 54.3 Å². The van der Waals surface area contributed by atoms with Gasteiger partial charge in [-0.15, -0.1) is 11.3 Å². The van der Waals surface area contributed by atoms with Crippen LogP contribution in [0.15, 0.2) is 42.7 Å². The third-order valence-electron chi connectivity index (χ3n) is 5.79. The van der Waals surface area contributed by atoms with Gasteiger partial charge in [-0.05, 0) is 62.8 Å². The van der Waals surface area contributed by atoms with Gasteiger partial charge < -0.3 is 15.0 Å². The molecule has 0 saturated heterocycles. The minimum absolute atomic E-state index is 0.152. The van der Waals surface area contributed by atoms with Crippen molar-refractivity contribution in [2.45, 2.75) is 45.2 Å². The molecule has 1 aliphatic rings. The van der Waals surface area contributed by atoms with Crippen LogP contribution in [0.2, 0.25) is 0 Å². The van der Waals surface area contributed by atoms with Crippen molar-refractivity contribution < 1.29 is 9.53 Å². The van der Waals surface area contributed by atoms with Gasteiger partial charge in [0.25, 0.3) is 5.91 Å². The number of amides is 1. The van der Waals surface area contributed by atoms with Gasteiger partial charge in [0.15, 0.2) is 5.82 Å². The molecule has 1 amide bonds. The van der Waals surface area contributed by atoms with Crippen molar-refractivity contribution in [3.8, 4) is 5.75 Å². The second-order valence-corrected chi connectivity index (χ2v) is 10.0. The number of H-pyrrole nitrogens is 1. The van der Waals surface area contributed by atoms with Crippen LogP contribution in [0.4, 0.5) is 0 Å². The summed E-state index contributed by atoms with van der Waals surface area (Å²) in [5.41, 5.74) is 2.03. The highest BCUT2D eigenvalue weighted by Gasteiger charge is 2.39. The lowest BCUT2D eigenvalue weighted by atomic mass is 9.80. The Bertz CT molecular complexity index is 1120. The van der Waals surface area contributed by atoms with E-state index in [9.17, 15) is 4.79 Å². The average Bonchev–Trinajstić information content (AvgIpc) is 3.46. The third kappa shape index (κ3) is 5.17. The van der Waals surface area contributed by atoms with E-state index in [0.29, 0.717) is 24.4 Å². The first-order valence-corrected chi connectivity index (χ1v) is 12.1. The monoisotopic (exact) mass is 465 g/mol. The Morgan fingerprint density at radius 1 is 1.18 bits per heavy atom. The quantitative estimate of drug-likeness (QED) is 0.456. The lowest BCUT2D eigenvalue weighted by Gasteiger charge is -2.37. The fourth-order valence-corrected chi connectivity index (χ4v) is 5.26. The summed E-state index contributed by atoms with van der Waals surface area (Å²) in [4.78, 5) is 22.2. The van der Waals surface area contributed by atoms with Gasteiger partial charge in [-0.3, -0.25) is 9.89 Å². The van der Waals surface area contributed by atoms with Gasteiger partial charge in [0.05, 0.1) is 17.7 Å². The van der Waals surface area contributed by atoms with Crippen LogP contribution in [0.3, 0.4) is 0 Å². The molecule has 1 atom stereocenters. The second kappa shape index (κ2) is 9.89. The summed E-state index contributed by atoms with van der Waals surface area (Å²) in [5, 5.41) is 10.1. The van der Waals surface area contributed by atoms with Gasteiger partial charge in [0.2, 0.25) is 0 Å². The molecule has 0 spiro atoms. The number of carbonyl (C=O) groups is 1. The first-order chi connectivity index (χ1) is 15.9. The number of hydrogen-bond acceptors (Lipinski definition) is 6. The smallest absolute Gasteiger partial charge is 0.256 e. The van der Waals surface area contributed by atoms with E-state index in [0.717, 1.165) is 41.1 Å². The first-order valence-electron chi connectivity index (χ1n) is 11.3. The zero-order valence-electron chi connectivity index (χ0n) is 19.6. The zero-order chi connectivity index (χ0) is 23.4. The Morgan fingerprint density at radius 2 is 1.97 bits per heavy atom. The minimum Gasteiger partial charge on any atom is -0.494 e. The van der Waals surface area contributed by atoms with E-state index in [1.807, 2.05) is 24.3 Å². The van der Waals surface area contributed by atoms with Crippen LogP contribution in [-0.2, 0) is 16.9 Å². The zero-order valence-corrected chi connectivity index (χ0v) is 20.5. The number of aromatic amines is 1. The molecular formula is C25H31N5O2S. The summed E-state index contributed by atoms with van der Waals surface area (Å²) in [6, 6.07) is 12.3. The molecule has 0 saturated carbocycles. The number of rotatable bonds is 9. The number of nitrogens with one attached hydrogen (secondary N) is 2. The SMILES string of the molecule is CCCCOc1ccc([C@]2(C)CC(c3ccc(CN(C)C)s3)=C(c3ncn[nH]3)C(=O)N2)cc1. The Labute approximate surface area is 198 Å². The fourth-order valence-electron chi connectivity index (χ4n) is 4.09. The van der Waals surface area contributed by atoms with E-state index in [-0.39, 0.29) is 5.91 Å². The molecule has 0 aliphatic carbocycles. The highest BCUT2D eigenvalue weighted by atomic mass is 32.1. The summed E-state index contributed by atoms with van der Waals surface area (Å²) < 4.78 is 5.82. The van der Waals surface area contributed by atoms with E-state index in [2.05, 4.69) is 65.5 Å². The molecule has 7 nitrogen and oxygen atoms in total. The molecule has 2 aromatic heterocycles. The lowest BCUT2D eigenvalue weighted by molar-refractivity contribution is -0.117. The van der Waals surface area contributed by atoms with Crippen molar-refractivity contribution in [2.75, 3.05) is 20.7 Å². The molecule has 2 N–H and O–H groups in total. The number of carbonyl (C=O) groups excluding carboxylic acids is 1. The Morgan fingerprint density at radius 3 is 2.64 bits per heavy atom. The van der Waals surface area contributed by atoms with Crippen molar-refractivity contribution in [2.24, 2.45) is 0 Å². The largest absolute Gasteiger partial charge is 0.494 e. The summed E-state index contributed by atoms with van der Waals surface area (Å²) in [5.74, 6) is 1.19. The maximum Gasteiger partial charge on any atom is 0.256 e. The second-order valence-electron chi connectivity index (χ2n) is 8.88. The van der Waals surface area contributed by atoms with Gasteiger partial charge in [0, 0.05) is 22.7 Å². The molecule has 3 heterocycles. The molecule has 3 aromatic rings. The lowest BCUT2D eigenvalue weighted by Crippen LogP contribution is -2.47. The van der Waals surface area contributed by atoms with Gasteiger partial charge in [-0.1, -0.05) is 25.5 Å². The molecule has 0 unspecified atom stereocenters. The van der Waals surface area contributed by atoms with Crippen molar-refractivity contribution in [3.63, 3.8) is 0 Å². The van der Waals surface area contributed by atoms with E-state index in [1.54, 1.807) is 11.3 Å². The Balaban J connectivity index is 1.68. The Hall–Kier alpha value is -2.97. The molecule has 8 heteroatoms. The fraction of sp³-hybridized carbons (Fsp3) is 0.400. The molecule has 1 aliphatic heterocycles. The van der Waals surface area contributed by atoms with E-state index in [1.165, 1.54) is 11.2 Å². The van der Waals surface area contributed by atoms with Crippen molar-refractivity contribution in [1.29, 1.82) is 0 Å². The van der Waals surface area contributed by atoms with Gasteiger partial charge >= 0.3 is 0 Å². The topological polar surface area (TPSA) is 83.1 Å². The summed E-state index contributed by atoms with van der Waals surface area (Å²) in [7, 11) is 4.11. The van der Waals surface area contributed by atoms with Crippen LogP contribution in [0.5, 0.6) is 5.75 Å². The van der Waals surface area contributed by atoms with Crippen LogP contribution >= 0.6 is 11.3 Å². The number of ether oxygens (including phenoxy) is 1. The molecule has 0 bridgehead atoms. The maximum absolute atomic E-state index is 13.4. The van der Waals surface area contributed by atoms with E-state index in [4.69, 9.17) is 4.74 Å². The summed E-state index contributed by atoms with van der Waals surface area (Å²) in [6.45, 7) is 5.79. The molecule has 4 rings (SSSR count). The Kier molecular flexibility index (Phi) is 6.95. The standard InChI is InChI=1S/C25H31N5O2S/c1-5-6-13-32-18-9-7-17(8-10-18)25(2)14-20(21-12-11-19(33-21)15-30(3)4)22(24(31)28-25)23-26-16-27-29-23/h7-12,16H,5-6,13-15H2,1-4H3,(H,28,31)(H,26,27,29)/t25-/m0/s1. The number of unbranched alkanes of at least 4 members (excludes halogenated alkanes) is 1. The van der Waals surface area contributed by atoms with Crippen LogP contribution in [0, 0.1) is 0 Å². The number of benzene rings is 1. The molecule has 174 valence electrons. The van der Waals surface area contributed by atoms with E-state index < -0.39 is 5.54 Å². The van der Waals surface area contributed by atoms with Crippen LogP contribution in [0.25, 0.3) is 11.1 Å². The third-order valence-corrected chi connectivity index (χ3v) is 6.92. The van der Waals surface area contributed by atoms with Gasteiger partial charge in [0.1, 0.15) is 12.1 Å². The highest BCUT2D eigenvalue weighted by molar-refractivity contribution is 7.13. The highest BCUT2D eigenvalue weighted by Crippen LogP contribution is 2.43. The summed E-state index contributed by atoms with van der Waals surface area (Å²) in [6.07, 6.45) is 4.21. The molecule has 0 fully saturated rings.